The van der Waals surface area contributed by atoms with Gasteiger partial charge in [-0.25, -0.2) is 0 Å². The molecule has 106 valence electrons. The molecule has 2 N–H and O–H groups in total. The molecule has 0 atom stereocenters. The average molecular weight is 255 g/mol. The van der Waals surface area contributed by atoms with Gasteiger partial charge < -0.3 is 15.1 Å². The van der Waals surface area contributed by atoms with Gasteiger partial charge in [0, 0.05) is 13.2 Å². The van der Waals surface area contributed by atoms with Gasteiger partial charge in [-0.1, -0.05) is 19.3 Å². The van der Waals surface area contributed by atoms with E-state index in [4.69, 9.17) is 5.11 Å². The fraction of sp³-hybridized carbons (Fsp3) is 1.00. The van der Waals surface area contributed by atoms with Crippen molar-refractivity contribution in [2.24, 2.45) is 11.8 Å². The van der Waals surface area contributed by atoms with Crippen LogP contribution in [0.5, 0.6) is 0 Å². The van der Waals surface area contributed by atoms with Crippen molar-refractivity contribution in [2.75, 3.05) is 26.2 Å². The van der Waals surface area contributed by atoms with Crippen molar-refractivity contribution < 1.29 is 10.2 Å². The van der Waals surface area contributed by atoms with Crippen molar-refractivity contribution in [3.63, 3.8) is 0 Å². The molecule has 1 heterocycles. The summed E-state index contributed by atoms with van der Waals surface area (Å²) in [6.45, 7) is 4.09. The first-order chi connectivity index (χ1) is 8.78. The molecule has 2 aliphatic rings. The molecule has 1 saturated carbocycles. The largest absolute Gasteiger partial charge is 0.396 e. The van der Waals surface area contributed by atoms with Crippen molar-refractivity contribution in [3.05, 3.63) is 0 Å². The van der Waals surface area contributed by atoms with Crippen LogP contribution in [0.2, 0.25) is 0 Å². The Balaban J connectivity index is 1.51. The van der Waals surface area contributed by atoms with Crippen LogP contribution in [-0.4, -0.2) is 47.5 Å². The molecule has 2 rings (SSSR count). The first-order valence-electron chi connectivity index (χ1n) is 7.79. The van der Waals surface area contributed by atoms with E-state index in [1.54, 1.807) is 0 Å². The van der Waals surface area contributed by atoms with E-state index in [1.807, 2.05) is 0 Å². The Kier molecular flexibility index (Phi) is 5.93. The molecule has 0 aromatic carbocycles. The summed E-state index contributed by atoms with van der Waals surface area (Å²) in [5.41, 5.74) is 0. The lowest BCUT2D eigenvalue weighted by molar-refractivity contribution is 0.0182. The summed E-state index contributed by atoms with van der Waals surface area (Å²) in [5.74, 6) is 1.69. The predicted octanol–water partition coefficient (Wildman–Crippen LogP) is 2.02. The first-order valence-corrected chi connectivity index (χ1v) is 7.79. The van der Waals surface area contributed by atoms with Gasteiger partial charge in [0.15, 0.2) is 0 Å². The zero-order valence-corrected chi connectivity index (χ0v) is 11.6. The van der Waals surface area contributed by atoms with E-state index in [0.29, 0.717) is 6.61 Å². The number of aliphatic hydroxyl groups is 2. The number of hydrogen-bond donors (Lipinski definition) is 2. The third-order valence-corrected chi connectivity index (χ3v) is 4.70. The lowest BCUT2D eigenvalue weighted by Gasteiger charge is -2.39. The van der Waals surface area contributed by atoms with Crippen LogP contribution in [0, 0.1) is 11.8 Å². The van der Waals surface area contributed by atoms with E-state index >= 15 is 0 Å². The van der Waals surface area contributed by atoms with Crippen LogP contribution in [0.1, 0.15) is 51.4 Å². The highest BCUT2D eigenvalue weighted by atomic mass is 16.3. The minimum absolute atomic E-state index is 0.000867. The number of hydrogen-bond acceptors (Lipinski definition) is 3. The fourth-order valence-electron chi connectivity index (χ4n) is 3.39. The summed E-state index contributed by atoms with van der Waals surface area (Å²) < 4.78 is 0. The molecule has 3 nitrogen and oxygen atoms in total. The number of nitrogens with zero attached hydrogens (tertiary/aromatic N) is 1. The van der Waals surface area contributed by atoms with Crippen LogP contribution in [-0.2, 0) is 0 Å². The molecule has 0 amide bonds. The SMILES string of the molecule is OCCCCCC1CCN(CC2CC(O)C2)CC1. The lowest BCUT2D eigenvalue weighted by atomic mass is 9.81. The summed E-state index contributed by atoms with van der Waals surface area (Å²) in [7, 11) is 0. The predicted molar refractivity (Wildman–Crippen MR) is 73.4 cm³/mol. The molecular weight excluding hydrogens is 226 g/mol. The van der Waals surface area contributed by atoms with E-state index < -0.39 is 0 Å². The smallest absolute Gasteiger partial charge is 0.0546 e. The molecule has 0 aromatic rings. The Labute approximate surface area is 111 Å². The van der Waals surface area contributed by atoms with Gasteiger partial charge in [0.05, 0.1) is 6.10 Å². The molecule has 1 saturated heterocycles. The van der Waals surface area contributed by atoms with Crippen LogP contribution in [0.3, 0.4) is 0 Å². The highest BCUT2D eigenvalue weighted by Crippen LogP contribution is 2.30. The molecule has 0 spiro atoms. The van der Waals surface area contributed by atoms with Gasteiger partial charge in [0.25, 0.3) is 0 Å². The quantitative estimate of drug-likeness (QED) is 0.684. The minimum atomic E-state index is -0.000867. The lowest BCUT2D eigenvalue weighted by Crippen LogP contribution is -2.42. The van der Waals surface area contributed by atoms with Crippen LogP contribution in [0.15, 0.2) is 0 Å². The van der Waals surface area contributed by atoms with Crippen molar-refractivity contribution in [1.29, 1.82) is 0 Å². The Morgan fingerprint density at radius 3 is 2.28 bits per heavy atom. The number of rotatable bonds is 7. The second-order valence-electron chi connectivity index (χ2n) is 6.31. The maximum absolute atomic E-state index is 9.29. The normalized spacial score (nSPS) is 30.3. The number of likely N-dealkylation sites (tertiary alicyclic amines) is 1. The van der Waals surface area contributed by atoms with Gasteiger partial charge in [0.1, 0.15) is 0 Å². The number of unbranched alkanes of at least 4 members (excludes halogenated alkanes) is 2. The molecule has 0 aromatic heterocycles. The molecule has 0 bridgehead atoms. The zero-order valence-electron chi connectivity index (χ0n) is 11.6. The van der Waals surface area contributed by atoms with Crippen molar-refractivity contribution in [3.8, 4) is 0 Å². The summed E-state index contributed by atoms with van der Waals surface area (Å²) in [5, 5.41) is 18.0. The summed E-state index contributed by atoms with van der Waals surface area (Å²) in [6.07, 6.45) is 9.58. The van der Waals surface area contributed by atoms with E-state index in [-0.39, 0.29) is 6.10 Å². The number of piperidine rings is 1. The molecule has 18 heavy (non-hydrogen) atoms. The third kappa shape index (κ3) is 4.52. The molecule has 1 aliphatic carbocycles. The van der Waals surface area contributed by atoms with Crippen molar-refractivity contribution in [2.45, 2.75) is 57.5 Å². The van der Waals surface area contributed by atoms with Crippen molar-refractivity contribution >= 4 is 0 Å². The fourth-order valence-corrected chi connectivity index (χ4v) is 3.39. The second-order valence-corrected chi connectivity index (χ2v) is 6.31. The van der Waals surface area contributed by atoms with Gasteiger partial charge in [-0.05, 0) is 57.0 Å². The zero-order chi connectivity index (χ0) is 12.8. The maximum atomic E-state index is 9.29. The Morgan fingerprint density at radius 1 is 0.944 bits per heavy atom. The molecule has 0 radical (unpaired) electrons. The molecule has 3 heteroatoms. The summed E-state index contributed by atoms with van der Waals surface area (Å²) in [4.78, 5) is 2.60. The topological polar surface area (TPSA) is 43.7 Å². The molecule has 0 unspecified atom stereocenters. The Bertz CT molecular complexity index is 221. The van der Waals surface area contributed by atoms with E-state index in [1.165, 1.54) is 51.7 Å². The Morgan fingerprint density at radius 2 is 1.67 bits per heavy atom. The van der Waals surface area contributed by atoms with Gasteiger partial charge >= 0.3 is 0 Å². The maximum Gasteiger partial charge on any atom is 0.0546 e. The molecular formula is C15H29NO2. The summed E-state index contributed by atoms with van der Waals surface area (Å²) in [6, 6.07) is 0. The molecule has 2 fully saturated rings. The highest BCUT2D eigenvalue weighted by molar-refractivity contribution is 4.83. The van der Waals surface area contributed by atoms with Crippen LogP contribution in [0.4, 0.5) is 0 Å². The van der Waals surface area contributed by atoms with E-state index in [2.05, 4.69) is 4.90 Å². The monoisotopic (exact) mass is 255 g/mol. The van der Waals surface area contributed by atoms with Crippen LogP contribution < -0.4 is 0 Å². The van der Waals surface area contributed by atoms with Crippen molar-refractivity contribution in [1.82, 2.24) is 4.90 Å². The van der Waals surface area contributed by atoms with Gasteiger partial charge in [-0.2, -0.15) is 0 Å². The number of aliphatic hydroxyl groups excluding tert-OH is 2. The average Bonchev–Trinajstić information content (AvgIpc) is 2.35. The first kappa shape index (κ1) is 14.3. The van der Waals surface area contributed by atoms with E-state index in [0.717, 1.165) is 31.1 Å². The van der Waals surface area contributed by atoms with Crippen LogP contribution in [0.25, 0.3) is 0 Å². The highest BCUT2D eigenvalue weighted by Gasteiger charge is 2.29. The van der Waals surface area contributed by atoms with Crippen LogP contribution >= 0.6 is 0 Å². The Hall–Kier alpha value is -0.120. The standard InChI is InChI=1S/C15H29NO2/c17-9-3-1-2-4-13-5-7-16(8-6-13)12-14-10-15(18)11-14/h13-15,17-18H,1-12H2. The molecule has 1 aliphatic heterocycles. The second kappa shape index (κ2) is 7.46. The van der Waals surface area contributed by atoms with Gasteiger partial charge in [0.2, 0.25) is 0 Å². The van der Waals surface area contributed by atoms with Gasteiger partial charge in [-0.3, -0.25) is 0 Å². The van der Waals surface area contributed by atoms with Gasteiger partial charge in [-0.15, -0.1) is 0 Å². The minimum Gasteiger partial charge on any atom is -0.396 e. The summed E-state index contributed by atoms with van der Waals surface area (Å²) >= 11 is 0. The third-order valence-electron chi connectivity index (χ3n) is 4.70. The van der Waals surface area contributed by atoms with E-state index in [9.17, 15) is 5.11 Å².